The molecule has 0 unspecified atom stereocenters. The molecule has 2 nitrogen and oxygen atoms in total. The first-order valence-electron chi connectivity index (χ1n) is 7.00. The predicted octanol–water partition coefficient (Wildman–Crippen LogP) is 3.26. The van der Waals surface area contributed by atoms with E-state index < -0.39 is 14.4 Å². The molecule has 0 N–H and O–H groups in total. The average molecular weight is 278 g/mol. The Hall–Kier alpha value is -1.09. The van der Waals surface area contributed by atoms with Crippen molar-refractivity contribution in [1.82, 2.24) is 0 Å². The summed E-state index contributed by atoms with van der Waals surface area (Å²) in [7, 11) is -1.38. The van der Waals surface area contributed by atoms with Gasteiger partial charge in [-0.1, -0.05) is 56.3 Å². The zero-order valence-electron chi connectivity index (χ0n) is 12.9. The Labute approximate surface area is 118 Å². The van der Waals surface area contributed by atoms with Crippen LogP contribution in [0.2, 0.25) is 11.1 Å². The fourth-order valence-electron chi connectivity index (χ4n) is 2.47. The molecule has 3 heteroatoms. The van der Waals surface area contributed by atoms with E-state index in [0.29, 0.717) is 5.54 Å². The molecule has 0 aromatic heterocycles. The highest BCUT2D eigenvalue weighted by Crippen LogP contribution is 2.24. The van der Waals surface area contributed by atoms with E-state index in [1.807, 2.05) is 33.8 Å². The normalized spacial score (nSPS) is 15.1. The second-order valence-electron chi connectivity index (χ2n) is 6.50. The lowest BCUT2D eigenvalue weighted by molar-refractivity contribution is -0.154. The summed E-state index contributed by atoms with van der Waals surface area (Å²) in [5.41, 5.74) is 0.129. The third-order valence-electron chi connectivity index (χ3n) is 3.22. The molecule has 0 aliphatic carbocycles. The van der Waals surface area contributed by atoms with Gasteiger partial charge < -0.3 is 4.74 Å². The summed E-state index contributed by atoms with van der Waals surface area (Å²) in [6, 6.07) is 10.4. The summed E-state index contributed by atoms with van der Waals surface area (Å²) in [6.07, 6.45) is 0. The highest BCUT2D eigenvalue weighted by Gasteiger charge is 2.32. The van der Waals surface area contributed by atoms with Gasteiger partial charge in [-0.15, -0.1) is 0 Å². The molecule has 0 amide bonds. The minimum Gasteiger partial charge on any atom is -0.460 e. The molecular formula is C16H26O2Si. The number of hydrogen-bond donors (Lipinski definition) is 0. The number of hydrogen-bond acceptors (Lipinski definition) is 2. The summed E-state index contributed by atoms with van der Waals surface area (Å²) in [5.74, 6) is -0.0540. The predicted molar refractivity (Wildman–Crippen MR) is 83.6 cm³/mol. The third-order valence-corrected chi connectivity index (χ3v) is 7.16. The fourth-order valence-corrected chi connectivity index (χ4v) is 6.00. The van der Waals surface area contributed by atoms with Crippen molar-refractivity contribution in [2.45, 2.75) is 58.2 Å². The van der Waals surface area contributed by atoms with Crippen molar-refractivity contribution in [2.24, 2.45) is 0 Å². The molecule has 2 atom stereocenters. The Morgan fingerprint density at radius 1 is 1.11 bits per heavy atom. The smallest absolute Gasteiger partial charge is 0.306 e. The summed E-state index contributed by atoms with van der Waals surface area (Å²) in [5, 5.41) is 1.34. The van der Waals surface area contributed by atoms with Crippen LogP contribution in [0.4, 0.5) is 0 Å². The number of benzene rings is 1. The van der Waals surface area contributed by atoms with Gasteiger partial charge in [-0.3, -0.25) is 4.79 Å². The SMILES string of the molecule is CC(C)[Si@@H](c1ccccc1)[C@H](C)C(=O)OC(C)(C)C. The van der Waals surface area contributed by atoms with Crippen molar-refractivity contribution >= 4 is 20.0 Å². The standard InChI is InChI=1S/C16H26O2Si/c1-12(2)19(14-10-8-7-9-11-14)13(3)15(17)18-16(4,5)6/h7-13,19H,1-6H3/t13-,19-/m1/s1. The van der Waals surface area contributed by atoms with Crippen LogP contribution in [0.5, 0.6) is 0 Å². The van der Waals surface area contributed by atoms with Gasteiger partial charge in [0.25, 0.3) is 0 Å². The van der Waals surface area contributed by atoms with Gasteiger partial charge in [-0.2, -0.15) is 0 Å². The van der Waals surface area contributed by atoms with E-state index in [0.717, 1.165) is 0 Å². The van der Waals surface area contributed by atoms with E-state index >= 15 is 0 Å². The van der Waals surface area contributed by atoms with E-state index in [4.69, 9.17) is 4.74 Å². The molecule has 0 fully saturated rings. The van der Waals surface area contributed by atoms with Crippen LogP contribution in [0.3, 0.4) is 0 Å². The molecule has 0 radical (unpaired) electrons. The highest BCUT2D eigenvalue weighted by atomic mass is 28.3. The number of ether oxygens (including phenoxy) is 1. The number of carbonyl (C=O) groups excluding carboxylic acids is 1. The van der Waals surface area contributed by atoms with E-state index in [1.54, 1.807) is 0 Å². The van der Waals surface area contributed by atoms with Gasteiger partial charge in [0, 0.05) is 5.54 Å². The maximum absolute atomic E-state index is 12.3. The minimum absolute atomic E-state index is 0.00150. The Bertz CT molecular complexity index is 407. The van der Waals surface area contributed by atoms with Crippen LogP contribution in [0, 0.1) is 0 Å². The van der Waals surface area contributed by atoms with Crippen LogP contribution in [-0.2, 0) is 9.53 Å². The second kappa shape index (κ2) is 6.37. The molecule has 0 heterocycles. The Balaban J connectivity index is 2.92. The van der Waals surface area contributed by atoms with Gasteiger partial charge in [0.2, 0.25) is 0 Å². The molecule has 106 valence electrons. The molecule has 1 rings (SSSR count). The molecule has 1 aromatic rings. The Morgan fingerprint density at radius 2 is 1.63 bits per heavy atom. The van der Waals surface area contributed by atoms with Crippen LogP contribution in [-0.4, -0.2) is 20.4 Å². The van der Waals surface area contributed by atoms with Crippen molar-refractivity contribution in [2.75, 3.05) is 0 Å². The number of esters is 1. The maximum Gasteiger partial charge on any atom is 0.306 e. The van der Waals surface area contributed by atoms with Gasteiger partial charge in [0.05, 0.1) is 8.80 Å². The average Bonchev–Trinajstić information content (AvgIpc) is 2.27. The highest BCUT2D eigenvalue weighted by molar-refractivity contribution is 6.78. The van der Waals surface area contributed by atoms with E-state index in [2.05, 4.69) is 38.1 Å². The Morgan fingerprint density at radius 3 is 2.05 bits per heavy atom. The quantitative estimate of drug-likeness (QED) is 0.624. The van der Waals surface area contributed by atoms with E-state index in [9.17, 15) is 4.79 Å². The van der Waals surface area contributed by atoms with E-state index in [1.165, 1.54) is 5.19 Å². The van der Waals surface area contributed by atoms with Crippen molar-refractivity contribution in [3.63, 3.8) is 0 Å². The van der Waals surface area contributed by atoms with Crippen LogP contribution < -0.4 is 5.19 Å². The fraction of sp³-hybridized carbons (Fsp3) is 0.562. The first-order valence-corrected chi connectivity index (χ1v) is 8.91. The van der Waals surface area contributed by atoms with Crippen LogP contribution >= 0.6 is 0 Å². The topological polar surface area (TPSA) is 26.3 Å². The number of carbonyl (C=O) groups is 1. The van der Waals surface area contributed by atoms with Crippen molar-refractivity contribution in [3.05, 3.63) is 30.3 Å². The van der Waals surface area contributed by atoms with Gasteiger partial charge >= 0.3 is 5.97 Å². The summed E-state index contributed by atoms with van der Waals surface area (Å²) in [4.78, 5) is 12.3. The van der Waals surface area contributed by atoms with Crippen LogP contribution in [0.25, 0.3) is 0 Å². The molecule has 0 spiro atoms. The molecule has 0 aliphatic heterocycles. The second-order valence-corrected chi connectivity index (χ2v) is 10.6. The summed E-state index contributed by atoms with van der Waals surface area (Å²) >= 11 is 0. The molecule has 19 heavy (non-hydrogen) atoms. The van der Waals surface area contributed by atoms with Gasteiger partial charge in [0.15, 0.2) is 0 Å². The number of rotatable bonds is 4. The lowest BCUT2D eigenvalue weighted by Gasteiger charge is -2.28. The van der Waals surface area contributed by atoms with Gasteiger partial charge in [0.1, 0.15) is 5.60 Å². The van der Waals surface area contributed by atoms with Crippen molar-refractivity contribution in [1.29, 1.82) is 0 Å². The summed E-state index contributed by atoms with van der Waals surface area (Å²) in [6.45, 7) is 12.2. The van der Waals surface area contributed by atoms with Gasteiger partial charge in [-0.05, 0) is 26.3 Å². The Kier molecular flexibility index (Phi) is 5.35. The largest absolute Gasteiger partial charge is 0.460 e. The van der Waals surface area contributed by atoms with Crippen LogP contribution in [0.15, 0.2) is 30.3 Å². The van der Waals surface area contributed by atoms with Crippen LogP contribution in [0.1, 0.15) is 41.5 Å². The molecule has 1 aromatic carbocycles. The lowest BCUT2D eigenvalue weighted by atomic mass is 10.2. The minimum atomic E-state index is -1.38. The van der Waals surface area contributed by atoms with E-state index in [-0.39, 0.29) is 11.5 Å². The third kappa shape index (κ3) is 4.82. The summed E-state index contributed by atoms with van der Waals surface area (Å²) < 4.78 is 5.55. The zero-order chi connectivity index (χ0) is 14.6. The molecule has 0 aliphatic rings. The molecule has 0 saturated carbocycles. The lowest BCUT2D eigenvalue weighted by Crippen LogP contribution is -2.41. The van der Waals surface area contributed by atoms with Gasteiger partial charge in [-0.25, -0.2) is 0 Å². The maximum atomic E-state index is 12.3. The zero-order valence-corrected chi connectivity index (χ0v) is 14.1. The molecule has 0 saturated heterocycles. The monoisotopic (exact) mass is 278 g/mol. The first kappa shape index (κ1) is 16.0. The molecular weight excluding hydrogens is 252 g/mol. The molecule has 0 bridgehead atoms. The first-order chi connectivity index (χ1) is 8.72. The van der Waals surface area contributed by atoms with Crippen molar-refractivity contribution in [3.8, 4) is 0 Å². The van der Waals surface area contributed by atoms with Crippen molar-refractivity contribution < 1.29 is 9.53 Å².